The second kappa shape index (κ2) is 6.53. The molecular formula is C14H26ClN3S. The molecule has 2 rings (SSSR count). The zero-order chi connectivity index (χ0) is 13.3. The van der Waals surface area contributed by atoms with Crippen molar-refractivity contribution >= 4 is 23.7 Å². The van der Waals surface area contributed by atoms with E-state index in [1.165, 1.54) is 10.7 Å². The Labute approximate surface area is 127 Å². The van der Waals surface area contributed by atoms with E-state index in [1.807, 2.05) is 0 Å². The lowest BCUT2D eigenvalue weighted by Crippen LogP contribution is -2.45. The molecule has 0 spiro atoms. The van der Waals surface area contributed by atoms with Crippen LogP contribution in [0.2, 0.25) is 0 Å². The zero-order valence-electron chi connectivity index (χ0n) is 12.3. The highest BCUT2D eigenvalue weighted by molar-refractivity contribution is 7.09. The summed E-state index contributed by atoms with van der Waals surface area (Å²) in [5, 5.41) is 3.44. The number of halogens is 1. The predicted molar refractivity (Wildman–Crippen MR) is 85.1 cm³/mol. The fraction of sp³-hybridized carbons (Fsp3) is 0.786. The monoisotopic (exact) mass is 303 g/mol. The lowest BCUT2D eigenvalue weighted by atomic mass is 9.95. The maximum absolute atomic E-state index is 6.05. The molecule has 0 aromatic carbocycles. The van der Waals surface area contributed by atoms with E-state index in [9.17, 15) is 0 Å². The molecule has 0 radical (unpaired) electrons. The summed E-state index contributed by atoms with van der Waals surface area (Å²) in [6.45, 7) is 12.1. The summed E-state index contributed by atoms with van der Waals surface area (Å²) in [6.07, 6.45) is 1.11. The van der Waals surface area contributed by atoms with E-state index in [1.54, 1.807) is 11.3 Å². The molecule has 1 aliphatic heterocycles. The van der Waals surface area contributed by atoms with E-state index >= 15 is 0 Å². The molecule has 0 bridgehead atoms. The average Bonchev–Trinajstić information content (AvgIpc) is 2.72. The van der Waals surface area contributed by atoms with Crippen LogP contribution >= 0.6 is 23.7 Å². The summed E-state index contributed by atoms with van der Waals surface area (Å²) in [5.41, 5.74) is 7.44. The Bertz CT molecular complexity index is 400. The highest BCUT2D eigenvalue weighted by Crippen LogP contribution is 2.26. The predicted octanol–water partition coefficient (Wildman–Crippen LogP) is 3.03. The SMILES string of the molecule is CC1CN(Cc2csc(C(C)(C)C)n2)CCC1N.Cl. The molecule has 110 valence electrons. The van der Waals surface area contributed by atoms with E-state index in [0.29, 0.717) is 12.0 Å². The van der Waals surface area contributed by atoms with Gasteiger partial charge in [-0.2, -0.15) is 0 Å². The van der Waals surface area contributed by atoms with Gasteiger partial charge in [-0.15, -0.1) is 23.7 Å². The second-order valence-electron chi connectivity index (χ2n) is 6.56. The quantitative estimate of drug-likeness (QED) is 0.913. The summed E-state index contributed by atoms with van der Waals surface area (Å²) in [5.74, 6) is 0.597. The maximum atomic E-state index is 6.05. The first-order valence-corrected chi connectivity index (χ1v) is 7.67. The molecule has 2 atom stereocenters. The largest absolute Gasteiger partial charge is 0.327 e. The molecule has 5 heteroatoms. The lowest BCUT2D eigenvalue weighted by molar-refractivity contribution is 0.156. The molecule has 19 heavy (non-hydrogen) atoms. The molecular weight excluding hydrogens is 278 g/mol. The van der Waals surface area contributed by atoms with Gasteiger partial charge in [0, 0.05) is 36.5 Å². The number of likely N-dealkylation sites (tertiary alicyclic amines) is 1. The van der Waals surface area contributed by atoms with E-state index < -0.39 is 0 Å². The van der Waals surface area contributed by atoms with Crippen LogP contribution in [0.4, 0.5) is 0 Å². The van der Waals surface area contributed by atoms with E-state index in [4.69, 9.17) is 10.7 Å². The smallest absolute Gasteiger partial charge is 0.0982 e. The Hall–Kier alpha value is -0.160. The summed E-state index contributed by atoms with van der Waals surface area (Å²) in [6, 6.07) is 0.377. The van der Waals surface area contributed by atoms with Crippen molar-refractivity contribution in [1.82, 2.24) is 9.88 Å². The summed E-state index contributed by atoms with van der Waals surface area (Å²) in [7, 11) is 0. The second-order valence-corrected chi connectivity index (χ2v) is 7.42. The van der Waals surface area contributed by atoms with Gasteiger partial charge in [0.05, 0.1) is 10.7 Å². The molecule has 0 saturated carbocycles. The van der Waals surface area contributed by atoms with Gasteiger partial charge in [0.1, 0.15) is 0 Å². The topological polar surface area (TPSA) is 42.2 Å². The van der Waals surface area contributed by atoms with E-state index in [0.717, 1.165) is 26.1 Å². The van der Waals surface area contributed by atoms with Crippen LogP contribution in [0.25, 0.3) is 0 Å². The highest BCUT2D eigenvalue weighted by atomic mass is 35.5. The van der Waals surface area contributed by atoms with Gasteiger partial charge in [-0.3, -0.25) is 4.90 Å². The minimum atomic E-state index is 0. The van der Waals surface area contributed by atoms with Crippen molar-refractivity contribution in [3.05, 3.63) is 16.1 Å². The number of piperidine rings is 1. The van der Waals surface area contributed by atoms with Crippen LogP contribution in [-0.2, 0) is 12.0 Å². The van der Waals surface area contributed by atoms with Crippen molar-refractivity contribution in [1.29, 1.82) is 0 Å². The molecule has 1 aromatic rings. The first kappa shape index (κ1) is 16.9. The number of nitrogens with two attached hydrogens (primary N) is 1. The summed E-state index contributed by atoms with van der Waals surface area (Å²) >= 11 is 1.78. The Morgan fingerprint density at radius 3 is 2.68 bits per heavy atom. The van der Waals surface area contributed by atoms with Gasteiger partial charge in [0.2, 0.25) is 0 Å². The minimum absolute atomic E-state index is 0. The van der Waals surface area contributed by atoms with Gasteiger partial charge in [-0.1, -0.05) is 27.7 Å². The molecule has 2 N–H and O–H groups in total. The molecule has 1 aliphatic rings. The van der Waals surface area contributed by atoms with E-state index in [-0.39, 0.29) is 17.8 Å². The molecule has 0 aliphatic carbocycles. The number of hydrogen-bond donors (Lipinski definition) is 1. The molecule has 2 unspecified atom stereocenters. The molecule has 1 aromatic heterocycles. The van der Waals surface area contributed by atoms with Gasteiger partial charge in [0.25, 0.3) is 0 Å². The number of nitrogens with zero attached hydrogens (tertiary/aromatic N) is 2. The van der Waals surface area contributed by atoms with Gasteiger partial charge < -0.3 is 5.73 Å². The van der Waals surface area contributed by atoms with E-state index in [2.05, 4.69) is 38.0 Å². The van der Waals surface area contributed by atoms with Crippen molar-refractivity contribution < 1.29 is 0 Å². The van der Waals surface area contributed by atoms with Crippen molar-refractivity contribution in [3.8, 4) is 0 Å². The first-order valence-electron chi connectivity index (χ1n) is 6.79. The van der Waals surface area contributed by atoms with Crippen molar-refractivity contribution in [2.45, 2.75) is 52.1 Å². The number of aromatic nitrogens is 1. The van der Waals surface area contributed by atoms with Gasteiger partial charge in [0.15, 0.2) is 0 Å². The zero-order valence-corrected chi connectivity index (χ0v) is 14.0. The fourth-order valence-corrected chi connectivity index (χ4v) is 3.25. The molecule has 0 amide bonds. The van der Waals surface area contributed by atoms with Crippen LogP contribution in [0.15, 0.2) is 5.38 Å². The van der Waals surface area contributed by atoms with Gasteiger partial charge >= 0.3 is 0 Å². The minimum Gasteiger partial charge on any atom is -0.327 e. The third-order valence-electron chi connectivity index (χ3n) is 3.63. The fourth-order valence-electron chi connectivity index (χ4n) is 2.35. The van der Waals surface area contributed by atoms with Crippen molar-refractivity contribution in [2.24, 2.45) is 11.7 Å². The van der Waals surface area contributed by atoms with Crippen LogP contribution in [0.5, 0.6) is 0 Å². The Morgan fingerprint density at radius 1 is 1.47 bits per heavy atom. The van der Waals surface area contributed by atoms with Crippen LogP contribution < -0.4 is 5.73 Å². The van der Waals surface area contributed by atoms with Gasteiger partial charge in [-0.25, -0.2) is 4.98 Å². The third kappa shape index (κ3) is 4.42. The maximum Gasteiger partial charge on any atom is 0.0982 e. The van der Waals surface area contributed by atoms with Crippen molar-refractivity contribution in [3.63, 3.8) is 0 Å². The van der Waals surface area contributed by atoms with Crippen LogP contribution in [0, 0.1) is 5.92 Å². The molecule has 1 fully saturated rings. The van der Waals surface area contributed by atoms with Crippen LogP contribution in [0.1, 0.15) is 44.8 Å². The highest BCUT2D eigenvalue weighted by Gasteiger charge is 2.24. The van der Waals surface area contributed by atoms with Crippen molar-refractivity contribution in [2.75, 3.05) is 13.1 Å². The molecule has 2 heterocycles. The Kier molecular flexibility index (Phi) is 5.80. The first-order chi connectivity index (χ1) is 8.36. The number of rotatable bonds is 2. The Balaban J connectivity index is 0.00000180. The molecule has 3 nitrogen and oxygen atoms in total. The Morgan fingerprint density at radius 2 is 2.16 bits per heavy atom. The average molecular weight is 304 g/mol. The van der Waals surface area contributed by atoms with Crippen LogP contribution in [0.3, 0.4) is 0 Å². The number of thiazole rings is 1. The summed E-state index contributed by atoms with van der Waals surface area (Å²) in [4.78, 5) is 7.25. The third-order valence-corrected chi connectivity index (χ3v) is 4.95. The van der Waals surface area contributed by atoms with Gasteiger partial charge in [-0.05, 0) is 12.3 Å². The standard InChI is InChI=1S/C14H25N3S.ClH/c1-10-7-17(6-5-12(10)15)8-11-9-18-13(16-11)14(2,3)4;/h9-10,12H,5-8,15H2,1-4H3;1H. The number of hydrogen-bond acceptors (Lipinski definition) is 4. The van der Waals surface area contributed by atoms with Crippen LogP contribution in [-0.4, -0.2) is 29.0 Å². The normalized spacial score (nSPS) is 25.1. The lowest BCUT2D eigenvalue weighted by Gasteiger charge is -2.34. The summed E-state index contributed by atoms with van der Waals surface area (Å²) < 4.78 is 0. The molecule has 1 saturated heterocycles.